The topological polar surface area (TPSA) is 6.25 Å². The van der Waals surface area contributed by atoms with Gasteiger partial charge in [0.15, 0.2) is 40.6 Å². The standard InChI is InChI=1S/C25H21F8N2/c1-24(2)10(34(5)22-12(24)14(26)16(28)18(30)20(22)32)8-7-9-11-25(3,4)13-15(27)17(29)19(31)21(33)23(13)35(11)6/h7-9H,1-6H3/q+1. The van der Waals surface area contributed by atoms with Crippen LogP contribution in [0.3, 0.4) is 0 Å². The summed E-state index contributed by atoms with van der Waals surface area (Å²) in [6.45, 7) is 6.00. The predicted molar refractivity (Wildman–Crippen MR) is 115 cm³/mol. The van der Waals surface area contributed by atoms with Crippen LogP contribution in [0.2, 0.25) is 0 Å². The van der Waals surface area contributed by atoms with Crippen LogP contribution < -0.4 is 4.90 Å². The Morgan fingerprint density at radius 3 is 1.71 bits per heavy atom. The molecule has 10 heteroatoms. The van der Waals surface area contributed by atoms with Crippen molar-refractivity contribution in [2.24, 2.45) is 0 Å². The number of rotatable bonds is 2. The van der Waals surface area contributed by atoms with E-state index in [4.69, 9.17) is 0 Å². The minimum atomic E-state index is -1.92. The average molecular weight is 501 g/mol. The van der Waals surface area contributed by atoms with Crippen molar-refractivity contribution in [3.05, 3.63) is 81.6 Å². The van der Waals surface area contributed by atoms with Gasteiger partial charge in [-0.05, 0) is 19.9 Å². The fraction of sp³-hybridized carbons (Fsp3) is 0.320. The van der Waals surface area contributed by atoms with E-state index in [9.17, 15) is 35.1 Å². The number of anilines is 1. The molecule has 0 saturated carbocycles. The van der Waals surface area contributed by atoms with E-state index in [1.165, 1.54) is 69.5 Å². The lowest BCUT2D eigenvalue weighted by Gasteiger charge is -2.23. The van der Waals surface area contributed by atoms with Crippen LogP contribution in [-0.2, 0) is 10.8 Å². The van der Waals surface area contributed by atoms with Crippen LogP contribution in [0.1, 0.15) is 38.8 Å². The second-order valence-electron chi connectivity index (χ2n) is 9.62. The molecule has 0 amide bonds. The van der Waals surface area contributed by atoms with E-state index >= 15 is 0 Å². The number of hydrogen-bond acceptors (Lipinski definition) is 1. The largest absolute Gasteiger partial charge is 0.345 e. The first-order valence-electron chi connectivity index (χ1n) is 10.5. The summed E-state index contributed by atoms with van der Waals surface area (Å²) in [4.78, 5) is 1.19. The third kappa shape index (κ3) is 3.11. The Morgan fingerprint density at radius 2 is 1.14 bits per heavy atom. The molecular weight excluding hydrogens is 480 g/mol. The quantitative estimate of drug-likeness (QED) is 0.193. The summed E-state index contributed by atoms with van der Waals surface area (Å²) in [7, 11) is 2.72. The van der Waals surface area contributed by atoms with E-state index in [1.807, 2.05) is 0 Å². The molecule has 0 radical (unpaired) electrons. The SMILES string of the molecule is CN1/C(=C\C=C\C2=[N+](C)c3c(F)c(F)c(F)c(F)c3C2(C)C)C(C)(C)c2c(F)c(F)c(F)c(F)c21. The fourth-order valence-electron chi connectivity index (χ4n) is 5.22. The zero-order valence-corrected chi connectivity index (χ0v) is 19.7. The van der Waals surface area contributed by atoms with Gasteiger partial charge in [0.05, 0.1) is 16.7 Å². The van der Waals surface area contributed by atoms with Crippen molar-refractivity contribution >= 4 is 17.1 Å². The summed E-state index contributed by atoms with van der Waals surface area (Å²) in [6.07, 6.45) is 4.29. The van der Waals surface area contributed by atoms with Crippen LogP contribution in [0, 0.1) is 46.5 Å². The van der Waals surface area contributed by atoms with E-state index in [-0.39, 0.29) is 22.5 Å². The van der Waals surface area contributed by atoms with Gasteiger partial charge in [0, 0.05) is 29.8 Å². The average Bonchev–Trinajstić information content (AvgIpc) is 3.11. The van der Waals surface area contributed by atoms with Gasteiger partial charge in [-0.25, -0.2) is 30.7 Å². The van der Waals surface area contributed by atoms with Gasteiger partial charge in [0.2, 0.25) is 11.6 Å². The Balaban J connectivity index is 1.82. The molecule has 35 heavy (non-hydrogen) atoms. The lowest BCUT2D eigenvalue weighted by Crippen LogP contribution is -2.28. The number of likely N-dealkylation sites (N-methyl/N-ethyl adjacent to an activating group) is 1. The van der Waals surface area contributed by atoms with Crippen molar-refractivity contribution in [1.82, 2.24) is 0 Å². The van der Waals surface area contributed by atoms with Gasteiger partial charge in [0.1, 0.15) is 7.05 Å². The zero-order chi connectivity index (χ0) is 26.4. The van der Waals surface area contributed by atoms with E-state index in [0.29, 0.717) is 0 Å². The molecule has 2 aromatic rings. The van der Waals surface area contributed by atoms with E-state index in [0.717, 1.165) is 0 Å². The molecule has 0 aromatic heterocycles. The molecule has 0 aliphatic carbocycles. The number of halogens is 8. The van der Waals surface area contributed by atoms with Gasteiger partial charge in [-0.2, -0.15) is 8.97 Å². The normalized spacial score (nSPS) is 19.4. The Labute approximate surface area is 196 Å². The molecule has 2 heterocycles. The third-order valence-electron chi connectivity index (χ3n) is 6.92. The number of benzene rings is 2. The molecule has 0 N–H and O–H groups in total. The first kappa shape index (κ1) is 24.9. The molecule has 0 saturated heterocycles. The van der Waals surface area contributed by atoms with Crippen LogP contribution in [0.5, 0.6) is 0 Å². The third-order valence-corrected chi connectivity index (χ3v) is 6.92. The van der Waals surface area contributed by atoms with Gasteiger partial charge in [-0.15, -0.1) is 0 Å². The lowest BCUT2D eigenvalue weighted by molar-refractivity contribution is -0.404. The summed E-state index contributed by atoms with van der Waals surface area (Å²) >= 11 is 0. The molecule has 0 atom stereocenters. The van der Waals surface area contributed by atoms with E-state index in [2.05, 4.69) is 0 Å². The maximum atomic E-state index is 14.6. The maximum absolute atomic E-state index is 14.6. The molecule has 0 bridgehead atoms. The summed E-state index contributed by atoms with van der Waals surface area (Å²) in [5.74, 6) is -13.7. The van der Waals surface area contributed by atoms with Crippen LogP contribution >= 0.6 is 0 Å². The molecular formula is C25H21F8N2+. The van der Waals surface area contributed by atoms with Crippen molar-refractivity contribution in [3.63, 3.8) is 0 Å². The number of allylic oxidation sites excluding steroid dienone is 4. The Bertz CT molecular complexity index is 1400. The van der Waals surface area contributed by atoms with Crippen LogP contribution in [-0.4, -0.2) is 24.4 Å². The first-order valence-corrected chi connectivity index (χ1v) is 10.5. The fourth-order valence-corrected chi connectivity index (χ4v) is 5.22. The lowest BCUT2D eigenvalue weighted by atomic mass is 9.80. The highest BCUT2D eigenvalue weighted by Crippen LogP contribution is 2.50. The van der Waals surface area contributed by atoms with Gasteiger partial charge in [0.25, 0.3) is 5.69 Å². The number of fused-ring (bicyclic) bond motifs is 2. The molecule has 186 valence electrons. The van der Waals surface area contributed by atoms with Gasteiger partial charge in [-0.3, -0.25) is 0 Å². The molecule has 0 unspecified atom stereocenters. The van der Waals surface area contributed by atoms with E-state index < -0.39 is 68.7 Å². The second-order valence-corrected chi connectivity index (χ2v) is 9.62. The van der Waals surface area contributed by atoms with Crippen molar-refractivity contribution in [2.75, 3.05) is 19.0 Å². The Kier molecular flexibility index (Phi) is 5.46. The minimum Gasteiger partial charge on any atom is -0.345 e. The number of hydrogen-bond donors (Lipinski definition) is 0. The first-order chi connectivity index (χ1) is 16.1. The second kappa shape index (κ2) is 7.66. The van der Waals surface area contributed by atoms with Crippen LogP contribution in [0.25, 0.3) is 0 Å². The molecule has 0 spiro atoms. The van der Waals surface area contributed by atoms with Gasteiger partial charge in [-0.1, -0.05) is 19.9 Å². The molecule has 0 fully saturated rings. The van der Waals surface area contributed by atoms with Crippen molar-refractivity contribution < 1.29 is 39.7 Å². The molecule has 4 rings (SSSR count). The predicted octanol–water partition coefficient (Wildman–Crippen LogP) is 6.67. The molecule has 2 aliphatic rings. The highest BCUT2D eigenvalue weighted by atomic mass is 19.2. The highest BCUT2D eigenvalue weighted by molar-refractivity contribution is 6.03. The number of nitrogens with zero attached hydrogens (tertiary/aromatic N) is 2. The smallest absolute Gasteiger partial charge is 0.251 e. The van der Waals surface area contributed by atoms with Crippen molar-refractivity contribution in [1.29, 1.82) is 0 Å². The van der Waals surface area contributed by atoms with Gasteiger partial charge < -0.3 is 4.90 Å². The monoisotopic (exact) mass is 501 g/mol. The summed E-state index contributed by atoms with van der Waals surface area (Å²) < 4.78 is 115. The Morgan fingerprint density at radius 1 is 0.657 bits per heavy atom. The van der Waals surface area contributed by atoms with Crippen LogP contribution in [0.15, 0.2) is 23.9 Å². The summed E-state index contributed by atoms with van der Waals surface area (Å²) in [5, 5.41) is 0. The van der Waals surface area contributed by atoms with Crippen LogP contribution in [0.4, 0.5) is 46.5 Å². The van der Waals surface area contributed by atoms with Crippen molar-refractivity contribution in [2.45, 2.75) is 38.5 Å². The Hall–Kier alpha value is -3.17. The van der Waals surface area contributed by atoms with Crippen molar-refractivity contribution in [3.8, 4) is 0 Å². The maximum Gasteiger partial charge on any atom is 0.251 e. The molecule has 2 aromatic carbocycles. The summed E-state index contributed by atoms with van der Waals surface area (Å²) in [6, 6.07) is 0. The van der Waals surface area contributed by atoms with E-state index in [1.54, 1.807) is 0 Å². The highest BCUT2D eigenvalue weighted by Gasteiger charge is 2.50. The molecule has 2 aliphatic heterocycles. The minimum absolute atomic E-state index is 0.276. The zero-order valence-electron chi connectivity index (χ0n) is 19.7. The summed E-state index contributed by atoms with van der Waals surface area (Å²) in [5.41, 5.74) is -3.60. The van der Waals surface area contributed by atoms with Gasteiger partial charge >= 0.3 is 0 Å². The molecule has 2 nitrogen and oxygen atoms in total.